The molecule has 0 spiro atoms. The predicted octanol–water partition coefficient (Wildman–Crippen LogP) is 0.823. The van der Waals surface area contributed by atoms with Crippen LogP contribution in [0.3, 0.4) is 0 Å². The van der Waals surface area contributed by atoms with E-state index in [2.05, 4.69) is 55.1 Å². The van der Waals surface area contributed by atoms with Gasteiger partial charge in [-0.1, -0.05) is 0 Å². The SMILES string of the molecule is CN(C)CCCSCCNCCN(C)C. The Morgan fingerprint density at radius 3 is 2.13 bits per heavy atom. The highest BCUT2D eigenvalue weighted by atomic mass is 32.2. The number of likely N-dealkylation sites (N-methyl/N-ethyl adjacent to an activating group) is 1. The molecule has 0 aliphatic rings. The molecule has 0 aromatic rings. The van der Waals surface area contributed by atoms with E-state index in [0.717, 1.165) is 19.6 Å². The van der Waals surface area contributed by atoms with Crippen molar-refractivity contribution >= 4 is 11.8 Å². The average Bonchev–Trinajstić information content (AvgIpc) is 2.14. The van der Waals surface area contributed by atoms with Crippen LogP contribution in [0.2, 0.25) is 0 Å². The van der Waals surface area contributed by atoms with E-state index < -0.39 is 0 Å². The van der Waals surface area contributed by atoms with Gasteiger partial charge in [-0.05, 0) is 46.9 Å². The van der Waals surface area contributed by atoms with Crippen molar-refractivity contribution in [3.05, 3.63) is 0 Å². The predicted molar refractivity (Wildman–Crippen MR) is 71.9 cm³/mol. The van der Waals surface area contributed by atoms with E-state index in [9.17, 15) is 0 Å². The second-order valence-corrected chi connectivity index (χ2v) is 5.55. The van der Waals surface area contributed by atoms with Gasteiger partial charge in [0.1, 0.15) is 0 Å². The fourth-order valence-electron chi connectivity index (χ4n) is 1.16. The third kappa shape index (κ3) is 14.2. The summed E-state index contributed by atoms with van der Waals surface area (Å²) in [6, 6.07) is 0. The largest absolute Gasteiger partial charge is 0.315 e. The molecule has 0 saturated carbocycles. The van der Waals surface area contributed by atoms with Crippen LogP contribution in [0.1, 0.15) is 6.42 Å². The first kappa shape index (κ1) is 15.2. The Hall–Kier alpha value is 0.230. The van der Waals surface area contributed by atoms with Gasteiger partial charge in [-0.3, -0.25) is 0 Å². The van der Waals surface area contributed by atoms with Crippen LogP contribution in [0.5, 0.6) is 0 Å². The lowest BCUT2D eigenvalue weighted by Gasteiger charge is -2.10. The van der Waals surface area contributed by atoms with Gasteiger partial charge in [0, 0.05) is 25.4 Å². The molecule has 92 valence electrons. The van der Waals surface area contributed by atoms with Gasteiger partial charge in [0.25, 0.3) is 0 Å². The Morgan fingerprint density at radius 2 is 1.53 bits per heavy atom. The van der Waals surface area contributed by atoms with E-state index in [4.69, 9.17) is 0 Å². The van der Waals surface area contributed by atoms with Gasteiger partial charge >= 0.3 is 0 Å². The van der Waals surface area contributed by atoms with Crippen molar-refractivity contribution in [2.75, 3.05) is 65.9 Å². The van der Waals surface area contributed by atoms with Crippen LogP contribution < -0.4 is 5.32 Å². The fraction of sp³-hybridized carbons (Fsp3) is 1.00. The Bertz CT molecular complexity index is 115. The molecule has 4 heteroatoms. The molecule has 0 amide bonds. The highest BCUT2D eigenvalue weighted by Crippen LogP contribution is 2.01. The molecule has 3 nitrogen and oxygen atoms in total. The molecule has 0 bridgehead atoms. The molecule has 0 aliphatic heterocycles. The van der Waals surface area contributed by atoms with Crippen LogP contribution in [0, 0.1) is 0 Å². The quantitative estimate of drug-likeness (QED) is 0.563. The van der Waals surface area contributed by atoms with Gasteiger partial charge < -0.3 is 15.1 Å². The first-order chi connectivity index (χ1) is 7.13. The van der Waals surface area contributed by atoms with Crippen molar-refractivity contribution in [1.29, 1.82) is 0 Å². The van der Waals surface area contributed by atoms with E-state index in [1.165, 1.54) is 24.5 Å². The smallest absolute Gasteiger partial charge is 0.0101 e. The zero-order valence-electron chi connectivity index (χ0n) is 10.8. The summed E-state index contributed by atoms with van der Waals surface area (Å²) < 4.78 is 0. The summed E-state index contributed by atoms with van der Waals surface area (Å²) >= 11 is 2.05. The molecule has 0 aliphatic carbocycles. The highest BCUT2D eigenvalue weighted by molar-refractivity contribution is 7.99. The topological polar surface area (TPSA) is 18.5 Å². The minimum Gasteiger partial charge on any atom is -0.315 e. The summed E-state index contributed by atoms with van der Waals surface area (Å²) in [5.41, 5.74) is 0. The maximum Gasteiger partial charge on any atom is 0.0101 e. The first-order valence-corrected chi connectivity index (χ1v) is 6.86. The normalized spacial score (nSPS) is 11.6. The molecule has 0 fully saturated rings. The van der Waals surface area contributed by atoms with Crippen LogP contribution in [0.15, 0.2) is 0 Å². The van der Waals surface area contributed by atoms with Crippen LogP contribution in [-0.2, 0) is 0 Å². The lowest BCUT2D eigenvalue weighted by atomic mass is 10.5. The Balaban J connectivity index is 2.93. The number of thioether (sulfide) groups is 1. The van der Waals surface area contributed by atoms with E-state index in [0.29, 0.717) is 0 Å². The van der Waals surface area contributed by atoms with Crippen LogP contribution in [-0.4, -0.2) is 75.7 Å². The molecule has 0 atom stereocenters. The van der Waals surface area contributed by atoms with Gasteiger partial charge in [-0.15, -0.1) is 0 Å². The lowest BCUT2D eigenvalue weighted by molar-refractivity contribution is 0.403. The third-order valence-electron chi connectivity index (χ3n) is 2.05. The molecule has 0 aromatic carbocycles. The molecule has 0 unspecified atom stereocenters. The molecular weight excluding hydrogens is 206 g/mol. The molecule has 0 radical (unpaired) electrons. The van der Waals surface area contributed by atoms with Crippen molar-refractivity contribution in [2.45, 2.75) is 6.42 Å². The molecule has 0 saturated heterocycles. The van der Waals surface area contributed by atoms with E-state index >= 15 is 0 Å². The summed E-state index contributed by atoms with van der Waals surface area (Å²) in [5, 5.41) is 3.44. The fourth-order valence-corrected chi connectivity index (χ4v) is 1.98. The van der Waals surface area contributed by atoms with Gasteiger partial charge in [0.2, 0.25) is 0 Å². The molecule has 0 heterocycles. The molecular formula is C11H27N3S. The molecule has 1 N–H and O–H groups in total. The molecule has 0 rings (SSSR count). The zero-order chi connectivity index (χ0) is 11.5. The summed E-state index contributed by atoms with van der Waals surface area (Å²) in [7, 11) is 8.48. The number of nitrogens with zero attached hydrogens (tertiary/aromatic N) is 2. The summed E-state index contributed by atoms with van der Waals surface area (Å²) in [4.78, 5) is 4.45. The number of rotatable bonds is 10. The van der Waals surface area contributed by atoms with Gasteiger partial charge in [-0.2, -0.15) is 11.8 Å². The molecule has 0 aromatic heterocycles. The van der Waals surface area contributed by atoms with E-state index in [1.54, 1.807) is 0 Å². The van der Waals surface area contributed by atoms with Crippen molar-refractivity contribution in [1.82, 2.24) is 15.1 Å². The Kier molecular flexibility index (Phi) is 10.9. The second-order valence-electron chi connectivity index (χ2n) is 4.32. The summed E-state index contributed by atoms with van der Waals surface area (Å²) in [5.74, 6) is 2.52. The van der Waals surface area contributed by atoms with Gasteiger partial charge in [-0.25, -0.2) is 0 Å². The van der Waals surface area contributed by atoms with Crippen molar-refractivity contribution in [2.24, 2.45) is 0 Å². The maximum absolute atomic E-state index is 3.44. The maximum atomic E-state index is 3.44. The standard InChI is InChI=1S/C11H27N3S/c1-13(2)8-5-10-15-11-7-12-6-9-14(3)4/h12H,5-11H2,1-4H3. The zero-order valence-corrected chi connectivity index (χ0v) is 11.6. The lowest BCUT2D eigenvalue weighted by Crippen LogP contribution is -2.28. The number of nitrogens with one attached hydrogen (secondary N) is 1. The number of hydrogen-bond acceptors (Lipinski definition) is 4. The minimum atomic E-state index is 1.10. The van der Waals surface area contributed by atoms with Gasteiger partial charge in [0.15, 0.2) is 0 Å². The second kappa shape index (κ2) is 10.7. The van der Waals surface area contributed by atoms with Crippen molar-refractivity contribution in [3.63, 3.8) is 0 Å². The van der Waals surface area contributed by atoms with E-state index in [-0.39, 0.29) is 0 Å². The first-order valence-electron chi connectivity index (χ1n) is 5.71. The Morgan fingerprint density at radius 1 is 0.867 bits per heavy atom. The van der Waals surface area contributed by atoms with Crippen molar-refractivity contribution in [3.8, 4) is 0 Å². The summed E-state index contributed by atoms with van der Waals surface area (Å²) in [6.45, 7) is 4.58. The average molecular weight is 233 g/mol. The minimum absolute atomic E-state index is 1.10. The number of hydrogen-bond donors (Lipinski definition) is 1. The highest BCUT2D eigenvalue weighted by Gasteiger charge is 1.93. The third-order valence-corrected chi connectivity index (χ3v) is 3.12. The summed E-state index contributed by atoms with van der Waals surface area (Å²) in [6.07, 6.45) is 1.30. The van der Waals surface area contributed by atoms with E-state index in [1.807, 2.05) is 0 Å². The van der Waals surface area contributed by atoms with Crippen LogP contribution in [0.4, 0.5) is 0 Å². The monoisotopic (exact) mass is 233 g/mol. The van der Waals surface area contributed by atoms with Gasteiger partial charge in [0.05, 0.1) is 0 Å². The van der Waals surface area contributed by atoms with Crippen molar-refractivity contribution < 1.29 is 0 Å². The Labute approximate surface area is 99.6 Å². The van der Waals surface area contributed by atoms with Crippen LogP contribution >= 0.6 is 11.8 Å². The molecule has 15 heavy (non-hydrogen) atoms. The van der Waals surface area contributed by atoms with Crippen LogP contribution in [0.25, 0.3) is 0 Å².